The molecule has 1 unspecified atom stereocenters. The van der Waals surface area contributed by atoms with Crippen LogP contribution >= 0.6 is 15.9 Å². The lowest BCUT2D eigenvalue weighted by Crippen LogP contribution is -2.40. The first-order valence-corrected chi connectivity index (χ1v) is 7.02. The first-order chi connectivity index (χ1) is 9.22. The molecule has 5 nitrogen and oxygen atoms in total. The average Bonchev–Trinajstić information content (AvgIpc) is 2.30. The maximum absolute atomic E-state index is 11.8. The second kappa shape index (κ2) is 6.74. The molecule has 0 saturated carbocycles. The third-order valence-electron chi connectivity index (χ3n) is 2.56. The topological polar surface area (TPSA) is 75.6 Å². The van der Waals surface area contributed by atoms with E-state index in [1.54, 1.807) is 19.9 Å². The number of hydrogen-bond donors (Lipinski definition) is 2. The summed E-state index contributed by atoms with van der Waals surface area (Å²) in [7, 11) is 0. The molecule has 0 radical (unpaired) electrons. The zero-order valence-corrected chi connectivity index (χ0v) is 13.4. The minimum absolute atomic E-state index is 0.00138. The molecule has 1 aromatic carbocycles. The molecule has 20 heavy (non-hydrogen) atoms. The Bertz CT molecular complexity index is 528. The van der Waals surface area contributed by atoms with Crippen LogP contribution in [0.4, 0.5) is 0 Å². The molecule has 6 heteroatoms. The quantitative estimate of drug-likeness (QED) is 0.861. The zero-order valence-electron chi connectivity index (χ0n) is 11.9. The van der Waals surface area contributed by atoms with Crippen LogP contribution in [0.3, 0.4) is 0 Å². The van der Waals surface area contributed by atoms with Crippen LogP contribution in [0.2, 0.25) is 0 Å². The van der Waals surface area contributed by atoms with E-state index in [4.69, 9.17) is 4.74 Å². The predicted molar refractivity (Wildman–Crippen MR) is 79.2 cm³/mol. The second-order valence-corrected chi connectivity index (χ2v) is 5.74. The van der Waals surface area contributed by atoms with E-state index in [0.717, 1.165) is 0 Å². The highest BCUT2D eigenvalue weighted by atomic mass is 79.9. The number of benzene rings is 1. The van der Waals surface area contributed by atoms with Gasteiger partial charge in [-0.1, -0.05) is 15.9 Å². The lowest BCUT2D eigenvalue weighted by molar-refractivity contribution is -0.127. The van der Waals surface area contributed by atoms with E-state index in [9.17, 15) is 14.7 Å². The molecule has 1 atom stereocenters. The highest BCUT2D eigenvalue weighted by molar-refractivity contribution is 9.10. The first-order valence-electron chi connectivity index (χ1n) is 6.22. The molecular formula is C14H18BrNO4. The van der Waals surface area contributed by atoms with Gasteiger partial charge in [0.25, 0.3) is 5.91 Å². The van der Waals surface area contributed by atoms with E-state index in [1.807, 2.05) is 13.8 Å². The van der Waals surface area contributed by atoms with E-state index in [2.05, 4.69) is 21.2 Å². The van der Waals surface area contributed by atoms with Gasteiger partial charge in [-0.25, -0.2) is 4.79 Å². The number of carbonyl (C=O) groups excluding carboxylic acids is 1. The molecule has 0 aliphatic carbocycles. The number of aryl methyl sites for hydroxylation is 1. The Balaban J connectivity index is 3.02. The van der Waals surface area contributed by atoms with Gasteiger partial charge in [0, 0.05) is 10.5 Å². The smallest absolute Gasteiger partial charge is 0.339 e. The number of carboxylic acid groups (broad SMARTS) is 1. The van der Waals surface area contributed by atoms with Gasteiger partial charge in [-0.3, -0.25) is 4.79 Å². The predicted octanol–water partition coefficient (Wildman–Crippen LogP) is 2.75. The number of amides is 1. The summed E-state index contributed by atoms with van der Waals surface area (Å²) >= 11 is 3.25. The zero-order chi connectivity index (χ0) is 15.4. The number of rotatable bonds is 5. The van der Waals surface area contributed by atoms with Crippen LogP contribution in [0.1, 0.15) is 36.7 Å². The molecule has 1 aromatic rings. The molecule has 0 bridgehead atoms. The van der Waals surface area contributed by atoms with Gasteiger partial charge in [0.05, 0.1) is 0 Å². The molecule has 0 aliphatic heterocycles. The Morgan fingerprint density at radius 2 is 1.90 bits per heavy atom. The minimum Gasteiger partial charge on any atom is -0.480 e. The Kier molecular flexibility index (Phi) is 5.56. The standard InChI is InChI=1S/C14H18BrNO4/c1-7(2)16-13(17)9(4)20-12-8(3)5-10(15)6-11(12)14(18)19/h5-7,9H,1-4H3,(H,16,17)(H,18,19). The fraction of sp³-hybridized carbons (Fsp3) is 0.429. The Hall–Kier alpha value is -1.56. The van der Waals surface area contributed by atoms with Crippen molar-refractivity contribution in [3.05, 3.63) is 27.7 Å². The van der Waals surface area contributed by atoms with Crippen LogP contribution in [0.5, 0.6) is 5.75 Å². The summed E-state index contributed by atoms with van der Waals surface area (Å²) in [5.74, 6) is -1.16. The van der Waals surface area contributed by atoms with Crippen molar-refractivity contribution in [3.63, 3.8) is 0 Å². The van der Waals surface area contributed by atoms with Crippen molar-refractivity contribution in [3.8, 4) is 5.75 Å². The van der Waals surface area contributed by atoms with Gasteiger partial charge in [-0.2, -0.15) is 0 Å². The summed E-state index contributed by atoms with van der Waals surface area (Å²) in [5.41, 5.74) is 0.682. The summed E-state index contributed by atoms with van der Waals surface area (Å²) in [6, 6.07) is 3.20. The Labute approximate surface area is 126 Å². The van der Waals surface area contributed by atoms with Crippen LogP contribution in [-0.2, 0) is 4.79 Å². The van der Waals surface area contributed by atoms with Gasteiger partial charge < -0.3 is 15.2 Å². The van der Waals surface area contributed by atoms with E-state index in [0.29, 0.717) is 10.0 Å². The van der Waals surface area contributed by atoms with Gasteiger partial charge in [0.2, 0.25) is 0 Å². The van der Waals surface area contributed by atoms with Crippen molar-refractivity contribution in [1.82, 2.24) is 5.32 Å². The van der Waals surface area contributed by atoms with E-state index in [-0.39, 0.29) is 23.3 Å². The largest absolute Gasteiger partial charge is 0.480 e. The van der Waals surface area contributed by atoms with Crippen molar-refractivity contribution in [2.75, 3.05) is 0 Å². The van der Waals surface area contributed by atoms with Gasteiger partial charge >= 0.3 is 5.97 Å². The number of carboxylic acids is 1. The minimum atomic E-state index is -1.10. The molecule has 0 fully saturated rings. The van der Waals surface area contributed by atoms with Crippen LogP contribution in [-0.4, -0.2) is 29.1 Å². The third kappa shape index (κ3) is 4.23. The molecule has 0 heterocycles. The number of aromatic carboxylic acids is 1. The van der Waals surface area contributed by atoms with Crippen molar-refractivity contribution in [1.29, 1.82) is 0 Å². The lowest BCUT2D eigenvalue weighted by Gasteiger charge is -2.19. The van der Waals surface area contributed by atoms with Gasteiger partial charge in [-0.05, 0) is 45.4 Å². The summed E-state index contributed by atoms with van der Waals surface area (Å²) < 4.78 is 6.19. The van der Waals surface area contributed by atoms with Crippen LogP contribution in [0.15, 0.2) is 16.6 Å². The number of halogens is 1. The molecule has 0 aromatic heterocycles. The Morgan fingerprint density at radius 3 is 2.40 bits per heavy atom. The highest BCUT2D eigenvalue weighted by Crippen LogP contribution is 2.29. The molecule has 1 rings (SSSR count). The Morgan fingerprint density at radius 1 is 1.30 bits per heavy atom. The van der Waals surface area contributed by atoms with Crippen LogP contribution in [0, 0.1) is 6.92 Å². The summed E-state index contributed by atoms with van der Waals surface area (Å²) in [4.78, 5) is 23.1. The fourth-order valence-electron chi connectivity index (χ4n) is 1.68. The van der Waals surface area contributed by atoms with Gasteiger partial charge in [-0.15, -0.1) is 0 Å². The third-order valence-corrected chi connectivity index (χ3v) is 3.02. The molecule has 0 spiro atoms. The number of hydrogen-bond acceptors (Lipinski definition) is 3. The molecule has 0 saturated heterocycles. The summed E-state index contributed by atoms with van der Waals surface area (Å²) in [5, 5.41) is 11.9. The molecular weight excluding hydrogens is 326 g/mol. The monoisotopic (exact) mass is 343 g/mol. The van der Waals surface area contributed by atoms with Crippen molar-refractivity contribution in [2.45, 2.75) is 39.8 Å². The summed E-state index contributed by atoms with van der Waals surface area (Å²) in [6.07, 6.45) is -0.768. The molecule has 0 aliphatic rings. The highest BCUT2D eigenvalue weighted by Gasteiger charge is 2.21. The second-order valence-electron chi connectivity index (χ2n) is 4.83. The number of nitrogens with one attached hydrogen (secondary N) is 1. The maximum atomic E-state index is 11.8. The fourth-order valence-corrected chi connectivity index (χ4v) is 2.25. The SMILES string of the molecule is Cc1cc(Br)cc(C(=O)O)c1OC(C)C(=O)NC(C)C. The van der Waals surface area contributed by atoms with Crippen molar-refractivity contribution in [2.24, 2.45) is 0 Å². The average molecular weight is 344 g/mol. The van der Waals surface area contributed by atoms with Crippen LogP contribution in [0.25, 0.3) is 0 Å². The van der Waals surface area contributed by atoms with Crippen LogP contribution < -0.4 is 10.1 Å². The van der Waals surface area contributed by atoms with E-state index >= 15 is 0 Å². The molecule has 2 N–H and O–H groups in total. The lowest BCUT2D eigenvalue weighted by atomic mass is 10.1. The van der Waals surface area contributed by atoms with E-state index in [1.165, 1.54) is 6.07 Å². The number of ether oxygens (including phenoxy) is 1. The number of carbonyl (C=O) groups is 2. The molecule has 110 valence electrons. The summed E-state index contributed by atoms with van der Waals surface area (Å²) in [6.45, 7) is 7.01. The van der Waals surface area contributed by atoms with Crippen molar-refractivity contribution < 1.29 is 19.4 Å². The van der Waals surface area contributed by atoms with Gasteiger partial charge in [0.15, 0.2) is 6.10 Å². The van der Waals surface area contributed by atoms with Gasteiger partial charge in [0.1, 0.15) is 11.3 Å². The first kappa shape index (κ1) is 16.5. The maximum Gasteiger partial charge on any atom is 0.339 e. The van der Waals surface area contributed by atoms with Crippen molar-refractivity contribution >= 4 is 27.8 Å². The molecule has 1 amide bonds. The van der Waals surface area contributed by atoms with E-state index < -0.39 is 12.1 Å². The normalized spacial score (nSPS) is 12.1.